The smallest absolute Gasteiger partial charge is 0.337 e. The zero-order chi connectivity index (χ0) is 15.1. The molecule has 0 unspecified atom stereocenters. The molecule has 0 aromatic carbocycles. The fraction of sp³-hybridized carbons (Fsp3) is 0.533. The minimum atomic E-state index is -0.360. The van der Waals surface area contributed by atoms with E-state index in [4.69, 9.17) is 17.0 Å². The first-order valence-electron chi connectivity index (χ1n) is 7.26. The van der Waals surface area contributed by atoms with Crippen molar-refractivity contribution >= 4 is 23.3 Å². The third-order valence-electron chi connectivity index (χ3n) is 3.61. The normalized spacial score (nSPS) is 15.3. The summed E-state index contributed by atoms with van der Waals surface area (Å²) in [7, 11) is 1.36. The minimum Gasteiger partial charge on any atom is -0.465 e. The zero-order valence-electron chi connectivity index (χ0n) is 12.2. The molecule has 1 saturated carbocycles. The summed E-state index contributed by atoms with van der Waals surface area (Å²) in [6.45, 7) is 0.489. The topological polar surface area (TPSA) is 63.2 Å². The molecule has 0 spiro atoms. The lowest BCUT2D eigenvalue weighted by molar-refractivity contribution is 0.0600. The molecule has 1 fully saturated rings. The van der Waals surface area contributed by atoms with Gasteiger partial charge in [0.15, 0.2) is 5.11 Å². The van der Waals surface area contributed by atoms with Crippen molar-refractivity contribution in [3.05, 3.63) is 29.6 Å². The van der Waals surface area contributed by atoms with Gasteiger partial charge in [-0.05, 0) is 37.2 Å². The van der Waals surface area contributed by atoms with Crippen LogP contribution < -0.4 is 10.6 Å². The molecule has 6 heteroatoms. The summed E-state index contributed by atoms with van der Waals surface area (Å²) in [5.41, 5.74) is 1.25. The lowest BCUT2D eigenvalue weighted by Gasteiger charge is -2.24. The highest BCUT2D eigenvalue weighted by molar-refractivity contribution is 7.80. The van der Waals surface area contributed by atoms with Gasteiger partial charge in [0, 0.05) is 12.2 Å². The van der Waals surface area contributed by atoms with Crippen LogP contribution in [0.25, 0.3) is 0 Å². The van der Waals surface area contributed by atoms with Crippen molar-refractivity contribution in [1.29, 1.82) is 0 Å². The van der Waals surface area contributed by atoms with E-state index < -0.39 is 0 Å². The maximum absolute atomic E-state index is 11.5. The molecule has 2 rings (SSSR count). The van der Waals surface area contributed by atoms with E-state index in [0.29, 0.717) is 23.3 Å². The van der Waals surface area contributed by atoms with Gasteiger partial charge in [0.25, 0.3) is 0 Å². The fourth-order valence-electron chi connectivity index (χ4n) is 2.47. The molecule has 2 N–H and O–H groups in total. The summed E-state index contributed by atoms with van der Waals surface area (Å²) >= 11 is 5.30. The number of hydrogen-bond acceptors (Lipinski definition) is 4. The fourth-order valence-corrected chi connectivity index (χ4v) is 2.71. The van der Waals surface area contributed by atoms with Gasteiger partial charge in [-0.2, -0.15) is 0 Å². The van der Waals surface area contributed by atoms with Crippen molar-refractivity contribution < 1.29 is 9.53 Å². The highest BCUT2D eigenvalue weighted by atomic mass is 32.1. The highest BCUT2D eigenvalue weighted by Crippen LogP contribution is 2.17. The number of rotatable bonds is 4. The second-order valence-corrected chi connectivity index (χ2v) is 5.60. The number of esters is 1. The molecule has 1 aromatic rings. The van der Waals surface area contributed by atoms with Gasteiger partial charge < -0.3 is 15.4 Å². The van der Waals surface area contributed by atoms with Crippen molar-refractivity contribution in [3.63, 3.8) is 0 Å². The predicted molar refractivity (Wildman–Crippen MR) is 85.0 cm³/mol. The maximum Gasteiger partial charge on any atom is 0.337 e. The van der Waals surface area contributed by atoms with Gasteiger partial charge in [-0.25, -0.2) is 4.79 Å². The van der Waals surface area contributed by atoms with Gasteiger partial charge in [0.2, 0.25) is 0 Å². The zero-order valence-corrected chi connectivity index (χ0v) is 13.0. The van der Waals surface area contributed by atoms with Crippen molar-refractivity contribution in [2.75, 3.05) is 7.11 Å². The third-order valence-corrected chi connectivity index (χ3v) is 3.87. The second-order valence-electron chi connectivity index (χ2n) is 5.19. The van der Waals surface area contributed by atoms with Crippen LogP contribution in [0.1, 0.15) is 48.2 Å². The molecule has 0 atom stereocenters. The SMILES string of the molecule is COC(=O)c1ccnc(CNC(=S)NC2CCCCC2)c1. The Morgan fingerprint density at radius 3 is 2.90 bits per heavy atom. The Balaban J connectivity index is 1.81. The monoisotopic (exact) mass is 307 g/mol. The van der Waals surface area contributed by atoms with Gasteiger partial charge in [-0.1, -0.05) is 19.3 Å². The van der Waals surface area contributed by atoms with Crippen molar-refractivity contribution in [3.8, 4) is 0 Å². The number of nitrogens with zero attached hydrogens (tertiary/aromatic N) is 1. The standard InChI is InChI=1S/C15H21N3O2S/c1-20-14(19)11-7-8-16-13(9-11)10-17-15(21)18-12-5-3-2-4-6-12/h7-9,12H,2-6,10H2,1H3,(H2,17,18,21). The Kier molecular flexibility index (Phi) is 5.92. The Labute approximate surface area is 130 Å². The van der Waals surface area contributed by atoms with E-state index in [1.807, 2.05) is 0 Å². The highest BCUT2D eigenvalue weighted by Gasteiger charge is 2.14. The number of nitrogens with one attached hydrogen (secondary N) is 2. The van der Waals surface area contributed by atoms with Crippen LogP contribution in [0.5, 0.6) is 0 Å². The molecule has 114 valence electrons. The number of carbonyl (C=O) groups excluding carboxylic acids is 1. The minimum absolute atomic E-state index is 0.360. The summed E-state index contributed by atoms with van der Waals surface area (Å²) < 4.78 is 4.69. The van der Waals surface area contributed by atoms with Gasteiger partial charge in [-0.3, -0.25) is 4.98 Å². The van der Waals surface area contributed by atoms with E-state index in [0.717, 1.165) is 5.69 Å². The van der Waals surface area contributed by atoms with Crippen molar-refractivity contribution in [2.45, 2.75) is 44.7 Å². The van der Waals surface area contributed by atoms with E-state index in [9.17, 15) is 4.79 Å². The first-order chi connectivity index (χ1) is 10.2. The molecule has 0 bridgehead atoms. The average molecular weight is 307 g/mol. The lowest BCUT2D eigenvalue weighted by atomic mass is 9.96. The summed E-state index contributed by atoms with van der Waals surface area (Å²) in [6, 6.07) is 3.82. The molecular weight excluding hydrogens is 286 g/mol. The first-order valence-corrected chi connectivity index (χ1v) is 7.67. The summed E-state index contributed by atoms with van der Waals surface area (Å²) in [5.74, 6) is -0.360. The van der Waals surface area contributed by atoms with Crippen LogP contribution in [-0.4, -0.2) is 29.2 Å². The Bertz CT molecular complexity index is 501. The number of aromatic nitrogens is 1. The van der Waals surface area contributed by atoms with Crippen LogP contribution >= 0.6 is 12.2 Å². The molecule has 0 saturated heterocycles. The van der Waals surface area contributed by atoms with Crippen LogP contribution in [0, 0.1) is 0 Å². The van der Waals surface area contributed by atoms with Crippen LogP contribution in [0.4, 0.5) is 0 Å². The van der Waals surface area contributed by atoms with Crippen molar-refractivity contribution in [2.24, 2.45) is 0 Å². The third kappa shape index (κ3) is 4.97. The number of pyridine rings is 1. The summed E-state index contributed by atoms with van der Waals surface area (Å²) in [5, 5.41) is 7.12. The van der Waals surface area contributed by atoms with E-state index in [1.54, 1.807) is 18.3 Å². The Hall–Kier alpha value is -1.69. The molecular formula is C15H21N3O2S. The summed E-state index contributed by atoms with van der Waals surface area (Å²) in [6.07, 6.45) is 7.81. The van der Waals surface area contributed by atoms with E-state index in [2.05, 4.69) is 15.6 Å². The summed E-state index contributed by atoms with van der Waals surface area (Å²) in [4.78, 5) is 15.7. The predicted octanol–water partition coefficient (Wildman–Crippen LogP) is 2.17. The van der Waals surface area contributed by atoms with Gasteiger partial charge in [-0.15, -0.1) is 0 Å². The first kappa shape index (κ1) is 15.7. The van der Waals surface area contributed by atoms with Crippen molar-refractivity contribution in [1.82, 2.24) is 15.6 Å². The molecule has 0 amide bonds. The average Bonchev–Trinajstić information content (AvgIpc) is 2.53. The maximum atomic E-state index is 11.5. The Morgan fingerprint density at radius 2 is 2.19 bits per heavy atom. The van der Waals surface area contributed by atoms with Crippen LogP contribution in [0.3, 0.4) is 0 Å². The van der Waals surface area contributed by atoms with Gasteiger partial charge >= 0.3 is 5.97 Å². The van der Waals surface area contributed by atoms with Crippen LogP contribution in [0.15, 0.2) is 18.3 Å². The molecule has 0 aliphatic heterocycles. The number of methoxy groups -OCH3 is 1. The van der Waals surface area contributed by atoms with Gasteiger partial charge in [0.05, 0.1) is 24.9 Å². The molecule has 1 aromatic heterocycles. The largest absolute Gasteiger partial charge is 0.465 e. The van der Waals surface area contributed by atoms with E-state index >= 15 is 0 Å². The Morgan fingerprint density at radius 1 is 1.43 bits per heavy atom. The number of thiocarbonyl (C=S) groups is 1. The van der Waals surface area contributed by atoms with Gasteiger partial charge in [0.1, 0.15) is 0 Å². The molecule has 5 nitrogen and oxygen atoms in total. The molecule has 1 aliphatic carbocycles. The molecule has 0 radical (unpaired) electrons. The molecule has 1 aliphatic rings. The number of ether oxygens (including phenoxy) is 1. The molecule has 21 heavy (non-hydrogen) atoms. The van der Waals surface area contributed by atoms with Crippen LogP contribution in [0.2, 0.25) is 0 Å². The lowest BCUT2D eigenvalue weighted by Crippen LogP contribution is -2.42. The van der Waals surface area contributed by atoms with Crippen LogP contribution in [-0.2, 0) is 11.3 Å². The number of hydrogen-bond donors (Lipinski definition) is 2. The quantitative estimate of drug-likeness (QED) is 0.656. The van der Waals surface area contributed by atoms with E-state index in [1.165, 1.54) is 39.2 Å². The van der Waals surface area contributed by atoms with E-state index in [-0.39, 0.29) is 5.97 Å². The molecule has 1 heterocycles. The second kappa shape index (κ2) is 7.93. The number of carbonyl (C=O) groups is 1.